The molecule has 2 rings (SSSR count). The third kappa shape index (κ3) is 3.79. The van der Waals surface area contributed by atoms with E-state index < -0.39 is 27.4 Å². The summed E-state index contributed by atoms with van der Waals surface area (Å²) in [5, 5.41) is 0. The molecule has 0 bridgehead atoms. The van der Waals surface area contributed by atoms with Gasteiger partial charge in [0.15, 0.2) is 21.5 Å². The van der Waals surface area contributed by atoms with Crippen LogP contribution in [0.3, 0.4) is 0 Å². The Balaban J connectivity index is 2.23. The lowest BCUT2D eigenvalue weighted by molar-refractivity contribution is 0.0742. The Morgan fingerprint density at radius 3 is 2.12 bits per heavy atom. The minimum Gasteiger partial charge on any atom is -0.335 e. The fraction of sp³-hybridized carbons (Fsp3) is 0.235. The summed E-state index contributed by atoms with van der Waals surface area (Å²) in [6.07, 6.45) is 1.12. The molecule has 4 nitrogen and oxygen atoms in total. The van der Waals surface area contributed by atoms with E-state index in [-0.39, 0.29) is 16.5 Å². The summed E-state index contributed by atoms with van der Waals surface area (Å²) in [5.41, 5.74) is 0.761. The molecular formula is C17H17F2NO3S. The van der Waals surface area contributed by atoms with E-state index >= 15 is 0 Å². The van der Waals surface area contributed by atoms with E-state index in [1.165, 1.54) is 23.1 Å². The Morgan fingerprint density at radius 2 is 1.62 bits per heavy atom. The quantitative estimate of drug-likeness (QED) is 0.848. The Kier molecular flexibility index (Phi) is 5.03. The molecule has 128 valence electrons. The summed E-state index contributed by atoms with van der Waals surface area (Å²) in [5.74, 6) is -2.56. The van der Waals surface area contributed by atoms with Crippen molar-refractivity contribution in [2.75, 3.05) is 13.3 Å². The van der Waals surface area contributed by atoms with Gasteiger partial charge in [-0.25, -0.2) is 17.2 Å². The number of carbonyl (C=O) groups excluding carboxylic acids is 1. The van der Waals surface area contributed by atoms with Gasteiger partial charge in [-0.3, -0.25) is 4.79 Å². The minimum absolute atomic E-state index is 0.0380. The highest BCUT2D eigenvalue weighted by Crippen LogP contribution is 2.23. The van der Waals surface area contributed by atoms with E-state index in [9.17, 15) is 22.0 Å². The van der Waals surface area contributed by atoms with Gasteiger partial charge >= 0.3 is 0 Å². The number of halogens is 2. The molecule has 1 unspecified atom stereocenters. The first kappa shape index (κ1) is 18.1. The average Bonchev–Trinajstić information content (AvgIpc) is 2.54. The smallest absolute Gasteiger partial charge is 0.254 e. The van der Waals surface area contributed by atoms with Gasteiger partial charge in [-0.15, -0.1) is 0 Å². The standard InChI is InChI=1S/C17H17F2NO3S/c1-11(12-4-7-14(8-5-12)24(3,22)23)20(2)17(21)13-6-9-15(18)16(19)10-13/h4-11H,1-3H3. The second-order valence-electron chi connectivity index (χ2n) is 5.56. The van der Waals surface area contributed by atoms with Crippen molar-refractivity contribution in [1.82, 2.24) is 4.90 Å². The summed E-state index contributed by atoms with van der Waals surface area (Å²) in [6.45, 7) is 1.76. The van der Waals surface area contributed by atoms with E-state index in [1.54, 1.807) is 26.1 Å². The maximum atomic E-state index is 13.3. The van der Waals surface area contributed by atoms with Crippen LogP contribution in [0.15, 0.2) is 47.4 Å². The van der Waals surface area contributed by atoms with Crippen molar-refractivity contribution in [1.29, 1.82) is 0 Å². The van der Waals surface area contributed by atoms with E-state index in [0.29, 0.717) is 0 Å². The third-order valence-electron chi connectivity index (χ3n) is 3.86. The van der Waals surface area contributed by atoms with Crippen molar-refractivity contribution >= 4 is 15.7 Å². The zero-order valence-electron chi connectivity index (χ0n) is 13.5. The summed E-state index contributed by atoms with van der Waals surface area (Å²) in [4.78, 5) is 14.0. The molecule has 1 amide bonds. The van der Waals surface area contributed by atoms with Crippen LogP contribution in [0.2, 0.25) is 0 Å². The van der Waals surface area contributed by atoms with Gasteiger partial charge in [0.05, 0.1) is 10.9 Å². The van der Waals surface area contributed by atoms with E-state index in [0.717, 1.165) is 24.0 Å². The molecule has 7 heteroatoms. The van der Waals surface area contributed by atoms with Crippen molar-refractivity contribution in [3.8, 4) is 0 Å². The number of hydrogen-bond acceptors (Lipinski definition) is 3. The second-order valence-corrected chi connectivity index (χ2v) is 7.58. The van der Waals surface area contributed by atoms with Crippen LogP contribution in [0.4, 0.5) is 8.78 Å². The molecule has 0 aliphatic carbocycles. The Morgan fingerprint density at radius 1 is 1.04 bits per heavy atom. The molecule has 24 heavy (non-hydrogen) atoms. The van der Waals surface area contributed by atoms with Crippen LogP contribution in [0.1, 0.15) is 28.9 Å². The van der Waals surface area contributed by atoms with Gasteiger partial charge in [-0.1, -0.05) is 12.1 Å². The number of hydrogen-bond donors (Lipinski definition) is 0. The molecule has 0 saturated carbocycles. The summed E-state index contributed by atoms with van der Waals surface area (Å²) >= 11 is 0. The first-order valence-electron chi connectivity index (χ1n) is 7.13. The zero-order valence-corrected chi connectivity index (χ0v) is 14.3. The SMILES string of the molecule is CC(c1ccc(S(C)(=O)=O)cc1)N(C)C(=O)c1ccc(F)c(F)c1. The van der Waals surface area contributed by atoms with Crippen LogP contribution < -0.4 is 0 Å². The molecule has 0 aliphatic rings. The number of benzene rings is 2. The maximum absolute atomic E-state index is 13.3. The highest BCUT2D eigenvalue weighted by atomic mass is 32.2. The Hall–Kier alpha value is -2.28. The summed E-state index contributed by atoms with van der Waals surface area (Å²) in [7, 11) is -1.75. The fourth-order valence-electron chi connectivity index (χ4n) is 2.23. The first-order valence-corrected chi connectivity index (χ1v) is 9.02. The average molecular weight is 353 g/mol. The highest BCUT2D eigenvalue weighted by molar-refractivity contribution is 7.90. The van der Waals surface area contributed by atoms with Crippen molar-refractivity contribution in [3.05, 3.63) is 65.2 Å². The predicted molar refractivity (Wildman–Crippen MR) is 86.4 cm³/mol. The lowest BCUT2D eigenvalue weighted by atomic mass is 10.1. The molecule has 0 saturated heterocycles. The highest BCUT2D eigenvalue weighted by Gasteiger charge is 2.20. The Labute approximate surface area is 139 Å². The predicted octanol–water partition coefficient (Wildman–Crippen LogP) is 3.20. The topological polar surface area (TPSA) is 54.5 Å². The van der Waals surface area contributed by atoms with Crippen LogP contribution in [0, 0.1) is 11.6 Å². The molecule has 0 heterocycles. The summed E-state index contributed by atoms with van der Waals surface area (Å²) in [6, 6.07) is 8.78. The van der Waals surface area contributed by atoms with Crippen LogP contribution in [0.5, 0.6) is 0 Å². The van der Waals surface area contributed by atoms with Crippen LogP contribution >= 0.6 is 0 Å². The number of amides is 1. The lowest BCUT2D eigenvalue weighted by Gasteiger charge is -2.25. The van der Waals surface area contributed by atoms with Gasteiger partial charge in [0.1, 0.15) is 0 Å². The molecule has 0 fully saturated rings. The molecule has 2 aromatic rings. The molecule has 0 N–H and O–H groups in total. The third-order valence-corrected chi connectivity index (χ3v) is 4.99. The van der Waals surface area contributed by atoms with Gasteiger partial charge in [0.2, 0.25) is 0 Å². The molecule has 0 radical (unpaired) electrons. The molecule has 1 atom stereocenters. The number of rotatable bonds is 4. The monoisotopic (exact) mass is 353 g/mol. The van der Waals surface area contributed by atoms with Gasteiger partial charge in [-0.05, 0) is 42.8 Å². The first-order chi connectivity index (χ1) is 11.1. The van der Waals surface area contributed by atoms with Crippen LogP contribution in [-0.4, -0.2) is 32.5 Å². The zero-order chi connectivity index (χ0) is 18.1. The van der Waals surface area contributed by atoms with Crippen molar-refractivity contribution in [3.63, 3.8) is 0 Å². The molecular weight excluding hydrogens is 336 g/mol. The van der Waals surface area contributed by atoms with E-state index in [4.69, 9.17) is 0 Å². The summed E-state index contributed by atoms with van der Waals surface area (Å²) < 4.78 is 49.2. The number of carbonyl (C=O) groups is 1. The molecule has 0 aromatic heterocycles. The van der Waals surface area contributed by atoms with E-state index in [2.05, 4.69) is 0 Å². The molecule has 0 aliphatic heterocycles. The van der Waals surface area contributed by atoms with Gasteiger partial charge < -0.3 is 4.90 Å². The van der Waals surface area contributed by atoms with Crippen LogP contribution in [-0.2, 0) is 9.84 Å². The fourth-order valence-corrected chi connectivity index (χ4v) is 2.86. The lowest BCUT2D eigenvalue weighted by Crippen LogP contribution is -2.29. The largest absolute Gasteiger partial charge is 0.335 e. The van der Waals surface area contributed by atoms with Gasteiger partial charge in [0.25, 0.3) is 5.91 Å². The second kappa shape index (κ2) is 6.68. The minimum atomic E-state index is -3.29. The normalized spacial score (nSPS) is 12.7. The van der Waals surface area contributed by atoms with Gasteiger partial charge in [0, 0.05) is 18.9 Å². The number of sulfone groups is 1. The van der Waals surface area contributed by atoms with Crippen LogP contribution in [0.25, 0.3) is 0 Å². The van der Waals surface area contributed by atoms with Crippen molar-refractivity contribution in [2.45, 2.75) is 17.9 Å². The maximum Gasteiger partial charge on any atom is 0.254 e. The number of nitrogens with zero attached hydrogens (tertiary/aromatic N) is 1. The van der Waals surface area contributed by atoms with E-state index in [1.807, 2.05) is 0 Å². The Bertz CT molecular complexity index is 864. The van der Waals surface area contributed by atoms with Crippen molar-refractivity contribution in [2.24, 2.45) is 0 Å². The van der Waals surface area contributed by atoms with Gasteiger partial charge in [-0.2, -0.15) is 0 Å². The van der Waals surface area contributed by atoms with Crippen molar-refractivity contribution < 1.29 is 22.0 Å². The molecule has 0 spiro atoms. The molecule has 2 aromatic carbocycles.